The Morgan fingerprint density at radius 3 is 2.71 bits per heavy atom. The van der Waals surface area contributed by atoms with Gasteiger partial charge in [0.05, 0.1) is 11.3 Å². The Bertz CT molecular complexity index is 864. The van der Waals surface area contributed by atoms with E-state index >= 15 is 0 Å². The zero-order chi connectivity index (χ0) is 16.9. The fourth-order valence-corrected chi connectivity index (χ4v) is 2.60. The lowest BCUT2D eigenvalue weighted by Crippen LogP contribution is -2.14. The number of rotatable bonds is 5. The van der Waals surface area contributed by atoms with Crippen LogP contribution in [0.2, 0.25) is 0 Å². The molecule has 3 aromatic rings. The maximum absolute atomic E-state index is 12.6. The van der Waals surface area contributed by atoms with E-state index in [-0.39, 0.29) is 12.5 Å². The first kappa shape index (κ1) is 16.4. The molecular formula is C17H14IN3O3. The van der Waals surface area contributed by atoms with Gasteiger partial charge in [0.2, 0.25) is 11.7 Å². The number of hydrogen-bond acceptors (Lipinski definition) is 5. The summed E-state index contributed by atoms with van der Waals surface area (Å²) in [7, 11) is 0. The van der Waals surface area contributed by atoms with Gasteiger partial charge in [-0.25, -0.2) is 0 Å². The lowest BCUT2D eigenvalue weighted by Gasteiger charge is -2.11. The smallest absolute Gasteiger partial charge is 0.259 e. The number of aryl methyl sites for hydroxylation is 1. The van der Waals surface area contributed by atoms with Crippen LogP contribution in [0.1, 0.15) is 22.1 Å². The van der Waals surface area contributed by atoms with Gasteiger partial charge in [0.15, 0.2) is 6.61 Å². The van der Waals surface area contributed by atoms with E-state index in [4.69, 9.17) is 9.26 Å². The van der Waals surface area contributed by atoms with E-state index in [0.717, 1.165) is 9.26 Å². The summed E-state index contributed by atoms with van der Waals surface area (Å²) >= 11 is 2.18. The SMILES string of the molecule is Cc1nc(COc2ccccc2C(=O)Nc2ccccc2I)no1. The molecule has 0 spiro atoms. The highest BCUT2D eigenvalue weighted by atomic mass is 127. The van der Waals surface area contributed by atoms with Crippen LogP contribution in [0.15, 0.2) is 53.1 Å². The summed E-state index contributed by atoms with van der Waals surface area (Å²) in [5.74, 6) is 1.13. The number of halogens is 1. The molecule has 1 aromatic heterocycles. The van der Waals surface area contributed by atoms with E-state index in [1.54, 1.807) is 31.2 Å². The van der Waals surface area contributed by atoms with Crippen LogP contribution >= 0.6 is 22.6 Å². The Labute approximate surface area is 152 Å². The molecule has 122 valence electrons. The summed E-state index contributed by atoms with van der Waals surface area (Å²) in [5, 5.41) is 6.67. The summed E-state index contributed by atoms with van der Waals surface area (Å²) in [5.41, 5.74) is 1.20. The molecule has 0 unspecified atom stereocenters. The van der Waals surface area contributed by atoms with E-state index in [0.29, 0.717) is 23.0 Å². The van der Waals surface area contributed by atoms with Gasteiger partial charge in [-0.15, -0.1) is 0 Å². The molecule has 6 nitrogen and oxygen atoms in total. The van der Waals surface area contributed by atoms with Crippen molar-refractivity contribution in [2.45, 2.75) is 13.5 Å². The average molecular weight is 435 g/mol. The maximum Gasteiger partial charge on any atom is 0.259 e. The molecule has 24 heavy (non-hydrogen) atoms. The summed E-state index contributed by atoms with van der Waals surface area (Å²) in [6.45, 7) is 1.84. The van der Waals surface area contributed by atoms with Crippen molar-refractivity contribution in [2.24, 2.45) is 0 Å². The molecule has 1 heterocycles. The summed E-state index contributed by atoms with van der Waals surface area (Å²) in [4.78, 5) is 16.6. The maximum atomic E-state index is 12.6. The molecule has 7 heteroatoms. The molecule has 1 N–H and O–H groups in total. The largest absolute Gasteiger partial charge is 0.485 e. The summed E-state index contributed by atoms with van der Waals surface area (Å²) < 4.78 is 11.5. The predicted octanol–water partition coefficient (Wildman–Crippen LogP) is 3.81. The molecule has 0 atom stereocenters. The van der Waals surface area contributed by atoms with Gasteiger partial charge in [0, 0.05) is 10.5 Å². The molecular weight excluding hydrogens is 421 g/mol. The number of ether oxygens (including phenoxy) is 1. The van der Waals surface area contributed by atoms with Crippen molar-refractivity contribution in [3.05, 3.63) is 69.4 Å². The Balaban J connectivity index is 1.75. The average Bonchev–Trinajstić information content (AvgIpc) is 3.01. The number of carbonyl (C=O) groups is 1. The van der Waals surface area contributed by atoms with Crippen molar-refractivity contribution in [2.75, 3.05) is 5.32 Å². The van der Waals surface area contributed by atoms with Gasteiger partial charge < -0.3 is 14.6 Å². The van der Waals surface area contributed by atoms with Gasteiger partial charge in [-0.3, -0.25) is 4.79 Å². The first-order valence-electron chi connectivity index (χ1n) is 7.20. The predicted molar refractivity (Wildman–Crippen MR) is 96.9 cm³/mol. The van der Waals surface area contributed by atoms with Crippen LogP contribution in [0.5, 0.6) is 5.75 Å². The van der Waals surface area contributed by atoms with Gasteiger partial charge in [0.1, 0.15) is 5.75 Å². The number of para-hydroxylation sites is 2. The second kappa shape index (κ2) is 7.43. The Morgan fingerprint density at radius 2 is 1.96 bits per heavy atom. The van der Waals surface area contributed by atoms with E-state index in [1.807, 2.05) is 24.3 Å². The van der Waals surface area contributed by atoms with Crippen molar-refractivity contribution >= 4 is 34.2 Å². The van der Waals surface area contributed by atoms with Crippen LogP contribution in [0.3, 0.4) is 0 Å². The number of anilines is 1. The molecule has 0 bridgehead atoms. The first-order chi connectivity index (χ1) is 11.6. The van der Waals surface area contributed by atoms with Gasteiger partial charge in [-0.1, -0.05) is 29.4 Å². The fourth-order valence-electron chi connectivity index (χ4n) is 2.07. The third-order valence-corrected chi connectivity index (χ3v) is 4.12. The van der Waals surface area contributed by atoms with Crippen LogP contribution < -0.4 is 10.1 Å². The minimum absolute atomic E-state index is 0.129. The Kier molecular flexibility index (Phi) is 5.09. The number of nitrogens with zero attached hydrogens (tertiary/aromatic N) is 2. The van der Waals surface area contributed by atoms with Gasteiger partial charge in [-0.2, -0.15) is 4.98 Å². The third kappa shape index (κ3) is 3.91. The van der Waals surface area contributed by atoms with Crippen molar-refractivity contribution < 1.29 is 14.1 Å². The molecule has 0 radical (unpaired) electrons. The molecule has 1 amide bonds. The quantitative estimate of drug-likeness (QED) is 0.617. The minimum Gasteiger partial charge on any atom is -0.485 e. The molecule has 2 aromatic carbocycles. The van der Waals surface area contributed by atoms with Crippen LogP contribution in [-0.4, -0.2) is 16.0 Å². The molecule has 0 aliphatic carbocycles. The summed E-state index contributed by atoms with van der Waals surface area (Å²) in [6, 6.07) is 14.6. The second-order valence-corrected chi connectivity index (χ2v) is 6.11. The fraction of sp³-hybridized carbons (Fsp3) is 0.118. The molecule has 0 saturated carbocycles. The normalized spacial score (nSPS) is 10.4. The monoisotopic (exact) mass is 435 g/mol. The van der Waals surface area contributed by atoms with Gasteiger partial charge in [-0.05, 0) is 46.9 Å². The summed E-state index contributed by atoms with van der Waals surface area (Å²) in [6.07, 6.45) is 0. The molecule has 3 rings (SSSR count). The van der Waals surface area contributed by atoms with Crippen molar-refractivity contribution in [1.29, 1.82) is 0 Å². The topological polar surface area (TPSA) is 77.2 Å². The second-order valence-electron chi connectivity index (χ2n) is 4.95. The Hall–Kier alpha value is -2.42. The van der Waals surface area contributed by atoms with Crippen LogP contribution in [0, 0.1) is 10.5 Å². The number of aromatic nitrogens is 2. The highest BCUT2D eigenvalue weighted by molar-refractivity contribution is 14.1. The molecule has 0 aliphatic heterocycles. The highest BCUT2D eigenvalue weighted by Gasteiger charge is 2.14. The van der Waals surface area contributed by atoms with Crippen LogP contribution in [0.4, 0.5) is 5.69 Å². The standard InChI is InChI=1S/C17H14IN3O3/c1-11-19-16(21-24-11)10-23-15-9-5-2-6-12(15)17(22)20-14-8-4-3-7-13(14)18/h2-9H,10H2,1H3,(H,20,22). The zero-order valence-corrected chi connectivity index (χ0v) is 15.0. The van der Waals surface area contributed by atoms with Crippen LogP contribution in [0.25, 0.3) is 0 Å². The Morgan fingerprint density at radius 1 is 1.21 bits per heavy atom. The first-order valence-corrected chi connectivity index (χ1v) is 8.28. The number of benzene rings is 2. The minimum atomic E-state index is -0.237. The van der Waals surface area contributed by atoms with E-state index in [2.05, 4.69) is 38.0 Å². The van der Waals surface area contributed by atoms with E-state index < -0.39 is 0 Å². The lowest BCUT2D eigenvalue weighted by molar-refractivity contribution is 0.102. The molecule has 0 saturated heterocycles. The highest BCUT2D eigenvalue weighted by Crippen LogP contribution is 2.22. The van der Waals surface area contributed by atoms with Gasteiger partial charge in [0.25, 0.3) is 5.91 Å². The van der Waals surface area contributed by atoms with Crippen molar-refractivity contribution in [3.63, 3.8) is 0 Å². The van der Waals surface area contributed by atoms with E-state index in [9.17, 15) is 4.79 Å². The number of hydrogen-bond donors (Lipinski definition) is 1. The third-order valence-electron chi connectivity index (χ3n) is 3.18. The van der Waals surface area contributed by atoms with E-state index in [1.165, 1.54) is 0 Å². The molecule has 0 aliphatic rings. The van der Waals surface area contributed by atoms with Crippen LogP contribution in [-0.2, 0) is 6.61 Å². The van der Waals surface area contributed by atoms with Crippen molar-refractivity contribution in [1.82, 2.24) is 10.1 Å². The lowest BCUT2D eigenvalue weighted by atomic mass is 10.2. The zero-order valence-electron chi connectivity index (χ0n) is 12.8. The number of amides is 1. The van der Waals surface area contributed by atoms with Gasteiger partial charge >= 0.3 is 0 Å². The number of nitrogens with one attached hydrogen (secondary N) is 1. The number of carbonyl (C=O) groups excluding carboxylic acids is 1. The van der Waals surface area contributed by atoms with Crippen molar-refractivity contribution in [3.8, 4) is 5.75 Å². The molecule has 0 fully saturated rings.